The number of ether oxygens (including phenoxy) is 2. The van der Waals surface area contributed by atoms with E-state index in [2.05, 4.69) is 5.16 Å². The van der Waals surface area contributed by atoms with Gasteiger partial charge < -0.3 is 14.3 Å². The molecule has 4 nitrogen and oxygen atoms in total. The van der Waals surface area contributed by atoms with Crippen molar-refractivity contribution in [1.82, 2.24) is 0 Å². The van der Waals surface area contributed by atoms with Crippen LogP contribution in [0.5, 0.6) is 11.5 Å². The summed E-state index contributed by atoms with van der Waals surface area (Å²) in [5.41, 5.74) is 1.71. The summed E-state index contributed by atoms with van der Waals surface area (Å²) >= 11 is 12.2. The predicted molar refractivity (Wildman–Crippen MR) is 73.8 cm³/mol. The Morgan fingerprint density at radius 2 is 2.11 bits per heavy atom. The molecule has 3 rings (SSSR count). The monoisotopic (exact) mass is 301 g/mol. The van der Waals surface area contributed by atoms with Crippen molar-refractivity contribution in [3.63, 3.8) is 0 Å². The number of nitrogens with zero attached hydrogens (tertiary/aromatic N) is 1. The van der Waals surface area contributed by atoms with E-state index in [0.29, 0.717) is 36.2 Å². The standard InChI is InChI=1S/C13H13Cl2NO3/c1-7(14)11-6-10(16-19-11)8-4-9(15)13-12(5-8)17-2-3-18-13/h4-5,7,11H,2-3,6H2,1H3. The summed E-state index contributed by atoms with van der Waals surface area (Å²) in [5, 5.41) is 4.51. The van der Waals surface area contributed by atoms with Crippen LogP contribution in [0.2, 0.25) is 5.02 Å². The maximum Gasteiger partial charge on any atom is 0.179 e. The Morgan fingerprint density at radius 3 is 2.84 bits per heavy atom. The van der Waals surface area contributed by atoms with Crippen LogP contribution in [-0.2, 0) is 4.84 Å². The molecule has 0 radical (unpaired) electrons. The lowest BCUT2D eigenvalue weighted by atomic mass is 10.0. The van der Waals surface area contributed by atoms with Crippen molar-refractivity contribution >= 4 is 28.9 Å². The first-order valence-corrected chi connectivity index (χ1v) is 6.93. The van der Waals surface area contributed by atoms with Crippen LogP contribution in [0, 0.1) is 0 Å². The Kier molecular flexibility index (Phi) is 3.46. The molecular formula is C13H13Cl2NO3. The molecule has 0 aliphatic carbocycles. The molecule has 0 saturated heterocycles. The first kappa shape index (κ1) is 12.9. The molecule has 2 unspecified atom stereocenters. The number of alkyl halides is 1. The molecule has 2 aliphatic rings. The fourth-order valence-corrected chi connectivity index (χ4v) is 2.49. The van der Waals surface area contributed by atoms with Crippen molar-refractivity contribution in [3.8, 4) is 11.5 Å². The van der Waals surface area contributed by atoms with Crippen molar-refractivity contribution in [2.75, 3.05) is 13.2 Å². The van der Waals surface area contributed by atoms with E-state index in [1.165, 1.54) is 0 Å². The lowest BCUT2D eigenvalue weighted by Crippen LogP contribution is -2.19. The number of oxime groups is 1. The minimum atomic E-state index is -0.0938. The van der Waals surface area contributed by atoms with Gasteiger partial charge in [-0.3, -0.25) is 0 Å². The minimum absolute atomic E-state index is 0.0890. The third kappa shape index (κ3) is 2.47. The van der Waals surface area contributed by atoms with E-state index in [-0.39, 0.29) is 11.5 Å². The van der Waals surface area contributed by atoms with Gasteiger partial charge >= 0.3 is 0 Å². The molecular weight excluding hydrogens is 289 g/mol. The van der Waals surface area contributed by atoms with E-state index in [1.807, 2.05) is 19.1 Å². The Labute approximate surface area is 121 Å². The average molecular weight is 302 g/mol. The molecule has 102 valence electrons. The van der Waals surface area contributed by atoms with Gasteiger partial charge in [-0.1, -0.05) is 16.8 Å². The zero-order valence-electron chi connectivity index (χ0n) is 10.4. The highest BCUT2D eigenvalue weighted by Gasteiger charge is 2.28. The molecule has 0 saturated carbocycles. The zero-order chi connectivity index (χ0) is 13.4. The molecule has 2 aliphatic heterocycles. The molecule has 1 aromatic rings. The zero-order valence-corrected chi connectivity index (χ0v) is 11.9. The molecule has 1 aromatic carbocycles. The maximum absolute atomic E-state index is 6.20. The van der Waals surface area contributed by atoms with Gasteiger partial charge in [-0.25, -0.2) is 0 Å². The van der Waals surface area contributed by atoms with Gasteiger partial charge in [0.15, 0.2) is 11.5 Å². The van der Waals surface area contributed by atoms with Gasteiger partial charge in [-0.15, -0.1) is 11.6 Å². The van der Waals surface area contributed by atoms with Gasteiger partial charge in [-0.2, -0.15) is 0 Å². The maximum atomic E-state index is 6.20. The Hall–Kier alpha value is -1.13. The van der Waals surface area contributed by atoms with Crippen LogP contribution in [0.25, 0.3) is 0 Å². The third-order valence-corrected chi connectivity index (χ3v) is 3.70. The van der Waals surface area contributed by atoms with E-state index in [4.69, 9.17) is 37.5 Å². The number of halogens is 2. The van der Waals surface area contributed by atoms with E-state index < -0.39 is 0 Å². The topological polar surface area (TPSA) is 40.0 Å². The summed E-state index contributed by atoms with van der Waals surface area (Å²) < 4.78 is 11.0. The summed E-state index contributed by atoms with van der Waals surface area (Å²) in [5.74, 6) is 1.25. The van der Waals surface area contributed by atoms with Gasteiger partial charge in [-0.05, 0) is 19.1 Å². The minimum Gasteiger partial charge on any atom is -0.486 e. The number of rotatable bonds is 2. The Balaban J connectivity index is 1.88. The second-order valence-corrected chi connectivity index (χ2v) is 5.64. The molecule has 0 amide bonds. The lowest BCUT2D eigenvalue weighted by Gasteiger charge is -2.20. The second-order valence-electron chi connectivity index (χ2n) is 4.55. The average Bonchev–Trinajstić information content (AvgIpc) is 2.88. The molecule has 0 spiro atoms. The SMILES string of the molecule is CC(Cl)C1CC(c2cc(Cl)c3c(c2)OCCO3)=NO1. The lowest BCUT2D eigenvalue weighted by molar-refractivity contribution is 0.0855. The van der Waals surface area contributed by atoms with Gasteiger partial charge in [0, 0.05) is 12.0 Å². The number of hydrogen-bond acceptors (Lipinski definition) is 4. The molecule has 0 N–H and O–H groups in total. The Morgan fingerprint density at radius 1 is 1.32 bits per heavy atom. The summed E-state index contributed by atoms with van der Waals surface area (Å²) in [7, 11) is 0. The first-order chi connectivity index (χ1) is 9.15. The van der Waals surface area contributed by atoms with Gasteiger partial charge in [0.05, 0.1) is 16.1 Å². The fourth-order valence-electron chi connectivity index (χ4n) is 2.09. The number of fused-ring (bicyclic) bond motifs is 1. The Bertz CT molecular complexity index is 531. The fraction of sp³-hybridized carbons (Fsp3) is 0.462. The summed E-state index contributed by atoms with van der Waals surface area (Å²) in [6.07, 6.45) is 0.573. The van der Waals surface area contributed by atoms with Crippen LogP contribution in [0.1, 0.15) is 18.9 Å². The number of benzene rings is 1. The summed E-state index contributed by atoms with van der Waals surface area (Å²) in [6, 6.07) is 3.70. The quantitative estimate of drug-likeness (QED) is 0.787. The highest BCUT2D eigenvalue weighted by Crippen LogP contribution is 2.39. The third-order valence-electron chi connectivity index (χ3n) is 3.14. The highest BCUT2D eigenvalue weighted by atomic mass is 35.5. The second kappa shape index (κ2) is 5.10. The van der Waals surface area contributed by atoms with Crippen LogP contribution < -0.4 is 9.47 Å². The van der Waals surface area contributed by atoms with Gasteiger partial charge in [0.25, 0.3) is 0 Å². The van der Waals surface area contributed by atoms with Crippen LogP contribution >= 0.6 is 23.2 Å². The van der Waals surface area contributed by atoms with E-state index in [0.717, 1.165) is 11.3 Å². The van der Waals surface area contributed by atoms with Crippen LogP contribution in [0.3, 0.4) is 0 Å². The summed E-state index contributed by atoms with van der Waals surface area (Å²) in [6.45, 7) is 2.93. The van der Waals surface area contributed by atoms with Crippen LogP contribution in [0.4, 0.5) is 0 Å². The van der Waals surface area contributed by atoms with Crippen molar-refractivity contribution < 1.29 is 14.3 Å². The van der Waals surface area contributed by atoms with E-state index in [1.54, 1.807) is 0 Å². The summed E-state index contributed by atoms with van der Waals surface area (Å²) in [4.78, 5) is 5.31. The smallest absolute Gasteiger partial charge is 0.179 e. The van der Waals surface area contributed by atoms with Gasteiger partial charge in [0.1, 0.15) is 19.3 Å². The molecule has 0 bridgehead atoms. The molecule has 0 aromatic heterocycles. The van der Waals surface area contributed by atoms with E-state index in [9.17, 15) is 0 Å². The predicted octanol–water partition coefficient (Wildman–Crippen LogP) is 3.23. The van der Waals surface area contributed by atoms with Crippen LogP contribution in [-0.4, -0.2) is 30.4 Å². The number of hydrogen-bond donors (Lipinski definition) is 0. The molecule has 6 heteroatoms. The van der Waals surface area contributed by atoms with Gasteiger partial charge in [0.2, 0.25) is 0 Å². The van der Waals surface area contributed by atoms with Crippen molar-refractivity contribution in [3.05, 3.63) is 22.7 Å². The largest absolute Gasteiger partial charge is 0.486 e. The van der Waals surface area contributed by atoms with E-state index >= 15 is 0 Å². The first-order valence-electron chi connectivity index (χ1n) is 6.11. The molecule has 19 heavy (non-hydrogen) atoms. The van der Waals surface area contributed by atoms with Crippen molar-refractivity contribution in [2.45, 2.75) is 24.8 Å². The molecule has 0 fully saturated rings. The van der Waals surface area contributed by atoms with Crippen molar-refractivity contribution in [2.24, 2.45) is 5.16 Å². The molecule has 2 atom stereocenters. The highest BCUT2D eigenvalue weighted by molar-refractivity contribution is 6.32. The molecule has 2 heterocycles. The van der Waals surface area contributed by atoms with Crippen molar-refractivity contribution in [1.29, 1.82) is 0 Å². The van der Waals surface area contributed by atoms with Crippen LogP contribution in [0.15, 0.2) is 17.3 Å². The normalized spacial score (nSPS) is 22.7.